The Balaban J connectivity index is 1.94. The lowest BCUT2D eigenvalue weighted by molar-refractivity contribution is 0.339. The largest absolute Gasteiger partial charge is 0.494 e. The maximum Gasteiger partial charge on any atom is 0.119 e. The molecule has 2 aromatic rings. The maximum absolute atomic E-state index is 5.52. The minimum Gasteiger partial charge on any atom is -0.494 e. The van der Waals surface area contributed by atoms with E-state index in [0.29, 0.717) is 12.6 Å². The standard InChI is InChI=1S/C18H23NO/c1-4-20-18-7-5-6-16(12-18)13-19-15(3)17-10-8-14(2)9-11-17/h5-12,15,19H,4,13H2,1-3H3/t15-/m1/s1. The minimum atomic E-state index is 0.339. The third kappa shape index (κ3) is 4.10. The first-order chi connectivity index (χ1) is 9.69. The van der Waals surface area contributed by atoms with Gasteiger partial charge in [0, 0.05) is 12.6 Å². The molecule has 1 N–H and O–H groups in total. The molecule has 0 aliphatic rings. The second kappa shape index (κ2) is 7.11. The highest BCUT2D eigenvalue weighted by atomic mass is 16.5. The lowest BCUT2D eigenvalue weighted by Gasteiger charge is -2.15. The van der Waals surface area contributed by atoms with Crippen molar-refractivity contribution >= 4 is 0 Å². The van der Waals surface area contributed by atoms with Gasteiger partial charge in [0.1, 0.15) is 5.75 Å². The van der Waals surface area contributed by atoms with Gasteiger partial charge in [0.25, 0.3) is 0 Å². The summed E-state index contributed by atoms with van der Waals surface area (Å²) in [7, 11) is 0. The van der Waals surface area contributed by atoms with Crippen molar-refractivity contribution < 1.29 is 4.74 Å². The summed E-state index contributed by atoms with van der Waals surface area (Å²) < 4.78 is 5.52. The molecule has 0 aliphatic heterocycles. The SMILES string of the molecule is CCOc1cccc(CN[C@H](C)c2ccc(C)cc2)c1. The van der Waals surface area contributed by atoms with Gasteiger partial charge in [-0.05, 0) is 44.0 Å². The molecule has 0 aliphatic carbocycles. The molecule has 0 heterocycles. The van der Waals surface area contributed by atoms with E-state index >= 15 is 0 Å². The molecule has 0 bridgehead atoms. The van der Waals surface area contributed by atoms with E-state index in [1.54, 1.807) is 0 Å². The predicted molar refractivity (Wildman–Crippen MR) is 84.0 cm³/mol. The zero-order valence-corrected chi connectivity index (χ0v) is 12.5. The lowest BCUT2D eigenvalue weighted by Crippen LogP contribution is -2.18. The van der Waals surface area contributed by atoms with Gasteiger partial charge in [0.05, 0.1) is 6.61 Å². The van der Waals surface area contributed by atoms with Crippen LogP contribution in [0.15, 0.2) is 48.5 Å². The smallest absolute Gasteiger partial charge is 0.119 e. The summed E-state index contributed by atoms with van der Waals surface area (Å²) in [6, 6.07) is 17.3. The summed E-state index contributed by atoms with van der Waals surface area (Å²) in [6.07, 6.45) is 0. The Morgan fingerprint density at radius 3 is 2.55 bits per heavy atom. The minimum absolute atomic E-state index is 0.339. The average Bonchev–Trinajstić information content (AvgIpc) is 2.46. The Morgan fingerprint density at radius 1 is 1.10 bits per heavy atom. The summed E-state index contributed by atoms with van der Waals surface area (Å²) in [5.74, 6) is 0.940. The molecule has 20 heavy (non-hydrogen) atoms. The van der Waals surface area contributed by atoms with Crippen LogP contribution in [0.4, 0.5) is 0 Å². The summed E-state index contributed by atoms with van der Waals surface area (Å²) >= 11 is 0. The third-order valence-corrected chi connectivity index (χ3v) is 3.40. The zero-order valence-electron chi connectivity index (χ0n) is 12.5. The van der Waals surface area contributed by atoms with Gasteiger partial charge >= 0.3 is 0 Å². The molecule has 2 rings (SSSR count). The highest BCUT2D eigenvalue weighted by Crippen LogP contribution is 2.16. The highest BCUT2D eigenvalue weighted by molar-refractivity contribution is 5.29. The number of benzene rings is 2. The summed E-state index contributed by atoms with van der Waals surface area (Å²) in [4.78, 5) is 0. The third-order valence-electron chi connectivity index (χ3n) is 3.40. The highest BCUT2D eigenvalue weighted by Gasteiger charge is 2.04. The number of rotatable bonds is 6. The van der Waals surface area contributed by atoms with Crippen molar-refractivity contribution in [1.82, 2.24) is 5.32 Å². The number of nitrogens with one attached hydrogen (secondary N) is 1. The fraction of sp³-hybridized carbons (Fsp3) is 0.333. The maximum atomic E-state index is 5.52. The molecule has 0 saturated heterocycles. The normalized spacial score (nSPS) is 12.2. The Kier molecular flexibility index (Phi) is 5.19. The van der Waals surface area contributed by atoms with Gasteiger partial charge in [-0.25, -0.2) is 0 Å². The molecule has 0 amide bonds. The van der Waals surface area contributed by atoms with E-state index in [1.165, 1.54) is 16.7 Å². The van der Waals surface area contributed by atoms with Gasteiger partial charge in [-0.1, -0.05) is 42.0 Å². The van der Waals surface area contributed by atoms with Gasteiger partial charge < -0.3 is 10.1 Å². The second-order valence-electron chi connectivity index (χ2n) is 5.09. The van der Waals surface area contributed by atoms with Crippen LogP contribution in [0.3, 0.4) is 0 Å². The quantitative estimate of drug-likeness (QED) is 0.846. The average molecular weight is 269 g/mol. The molecule has 1 atom stereocenters. The first kappa shape index (κ1) is 14.6. The van der Waals surface area contributed by atoms with Crippen molar-refractivity contribution in [3.63, 3.8) is 0 Å². The molecule has 0 radical (unpaired) electrons. The van der Waals surface area contributed by atoms with E-state index < -0.39 is 0 Å². The van der Waals surface area contributed by atoms with Gasteiger partial charge in [-0.2, -0.15) is 0 Å². The van der Waals surface area contributed by atoms with E-state index in [9.17, 15) is 0 Å². The van der Waals surface area contributed by atoms with E-state index in [4.69, 9.17) is 4.74 Å². The fourth-order valence-electron chi connectivity index (χ4n) is 2.16. The summed E-state index contributed by atoms with van der Waals surface area (Å²) in [5, 5.41) is 3.55. The van der Waals surface area contributed by atoms with Crippen molar-refractivity contribution in [2.24, 2.45) is 0 Å². The molecule has 0 spiro atoms. The van der Waals surface area contributed by atoms with Crippen LogP contribution >= 0.6 is 0 Å². The Morgan fingerprint density at radius 2 is 1.85 bits per heavy atom. The number of hydrogen-bond donors (Lipinski definition) is 1. The molecule has 0 saturated carbocycles. The molecule has 0 aromatic heterocycles. The Labute approximate surface area is 121 Å². The van der Waals surface area contributed by atoms with Crippen LogP contribution in [0.2, 0.25) is 0 Å². The molecule has 0 unspecified atom stereocenters. The van der Waals surface area contributed by atoms with Crippen molar-refractivity contribution in [1.29, 1.82) is 0 Å². The van der Waals surface area contributed by atoms with Gasteiger partial charge in [0.2, 0.25) is 0 Å². The van der Waals surface area contributed by atoms with E-state index in [0.717, 1.165) is 12.3 Å². The van der Waals surface area contributed by atoms with Gasteiger partial charge in [-0.15, -0.1) is 0 Å². The Hall–Kier alpha value is -1.80. The number of aryl methyl sites for hydroxylation is 1. The van der Waals surface area contributed by atoms with Gasteiger partial charge in [0.15, 0.2) is 0 Å². The molecular weight excluding hydrogens is 246 g/mol. The molecule has 106 valence electrons. The van der Waals surface area contributed by atoms with Crippen molar-refractivity contribution in [2.45, 2.75) is 33.4 Å². The van der Waals surface area contributed by atoms with Crippen molar-refractivity contribution in [2.75, 3.05) is 6.61 Å². The first-order valence-corrected chi connectivity index (χ1v) is 7.20. The van der Waals surface area contributed by atoms with Crippen molar-refractivity contribution in [3.05, 3.63) is 65.2 Å². The molecular formula is C18H23NO. The van der Waals surface area contributed by atoms with Crippen LogP contribution in [0.25, 0.3) is 0 Å². The molecule has 0 fully saturated rings. The number of hydrogen-bond acceptors (Lipinski definition) is 2. The van der Waals surface area contributed by atoms with E-state index in [1.807, 2.05) is 19.1 Å². The topological polar surface area (TPSA) is 21.3 Å². The summed E-state index contributed by atoms with van der Waals surface area (Å²) in [5.41, 5.74) is 3.86. The number of ether oxygens (including phenoxy) is 1. The van der Waals surface area contributed by atoms with Crippen LogP contribution in [-0.2, 0) is 6.54 Å². The lowest BCUT2D eigenvalue weighted by atomic mass is 10.1. The van der Waals surface area contributed by atoms with Crippen LogP contribution < -0.4 is 10.1 Å². The van der Waals surface area contributed by atoms with E-state index in [-0.39, 0.29) is 0 Å². The monoisotopic (exact) mass is 269 g/mol. The Bertz CT molecular complexity index is 533. The summed E-state index contributed by atoms with van der Waals surface area (Å²) in [6.45, 7) is 7.86. The predicted octanol–water partition coefficient (Wildman–Crippen LogP) is 4.24. The molecule has 2 aromatic carbocycles. The van der Waals surface area contributed by atoms with Crippen LogP contribution in [-0.4, -0.2) is 6.61 Å². The van der Waals surface area contributed by atoms with Gasteiger partial charge in [-0.3, -0.25) is 0 Å². The molecule has 2 nitrogen and oxygen atoms in total. The second-order valence-corrected chi connectivity index (χ2v) is 5.09. The van der Waals surface area contributed by atoms with Crippen LogP contribution in [0, 0.1) is 6.92 Å². The van der Waals surface area contributed by atoms with Crippen molar-refractivity contribution in [3.8, 4) is 5.75 Å². The van der Waals surface area contributed by atoms with E-state index in [2.05, 4.69) is 55.6 Å². The molecule has 2 heteroatoms. The first-order valence-electron chi connectivity index (χ1n) is 7.20. The fourth-order valence-corrected chi connectivity index (χ4v) is 2.16. The van der Waals surface area contributed by atoms with Crippen LogP contribution in [0.5, 0.6) is 5.75 Å². The zero-order chi connectivity index (χ0) is 14.4. The van der Waals surface area contributed by atoms with Crippen LogP contribution in [0.1, 0.15) is 36.6 Å².